The Hall–Kier alpha value is -1.22. The van der Waals surface area contributed by atoms with Crippen molar-refractivity contribution in [3.63, 3.8) is 0 Å². The highest BCUT2D eigenvalue weighted by molar-refractivity contribution is 14.1. The third kappa shape index (κ3) is 4.43. The third-order valence-electron chi connectivity index (χ3n) is 2.42. The minimum atomic E-state index is -0.814. The smallest absolute Gasteiger partial charge is 0.302 e. The second-order valence-electron chi connectivity index (χ2n) is 4.66. The highest BCUT2D eigenvalue weighted by atomic mass is 127. The number of anilines is 1. The first-order valence-electron chi connectivity index (χ1n) is 5.57. The second kappa shape index (κ2) is 6.29. The Bertz CT molecular complexity index is 474. The second-order valence-corrected chi connectivity index (χ2v) is 5.90. The van der Waals surface area contributed by atoms with Crippen LogP contribution in [0.25, 0.3) is 0 Å². The highest BCUT2D eigenvalue weighted by Crippen LogP contribution is 2.22. The zero-order chi connectivity index (χ0) is 14.6. The molecule has 0 aromatic carbocycles. The van der Waals surface area contributed by atoms with Crippen LogP contribution in [0.4, 0.5) is 5.82 Å². The van der Waals surface area contributed by atoms with Gasteiger partial charge in [0.2, 0.25) is 0 Å². The van der Waals surface area contributed by atoms with Crippen molar-refractivity contribution in [3.8, 4) is 0 Å². The molecule has 0 aliphatic rings. The number of amidine groups is 1. The van der Waals surface area contributed by atoms with Crippen LogP contribution in [0.3, 0.4) is 0 Å². The van der Waals surface area contributed by atoms with E-state index >= 15 is 0 Å². The van der Waals surface area contributed by atoms with Gasteiger partial charge in [-0.1, -0.05) is 0 Å². The summed E-state index contributed by atoms with van der Waals surface area (Å²) in [5.74, 6) is -0.262. The van der Waals surface area contributed by atoms with Gasteiger partial charge in [0, 0.05) is 16.7 Å². The van der Waals surface area contributed by atoms with Gasteiger partial charge in [-0.05, 0) is 48.6 Å². The number of halogens is 1. The maximum absolute atomic E-state index is 10.8. The zero-order valence-electron chi connectivity index (χ0n) is 11.0. The third-order valence-corrected chi connectivity index (χ3v) is 3.06. The van der Waals surface area contributed by atoms with E-state index in [-0.39, 0.29) is 18.3 Å². The summed E-state index contributed by atoms with van der Waals surface area (Å²) in [4.78, 5) is 14.8. The monoisotopic (exact) mass is 377 g/mol. The molecule has 0 bridgehead atoms. The average Bonchev–Trinajstić information content (AvgIpc) is 2.35. The van der Waals surface area contributed by atoms with E-state index in [9.17, 15) is 10.0 Å². The minimum absolute atomic E-state index is 0.0165. The van der Waals surface area contributed by atoms with Crippen LogP contribution in [0.15, 0.2) is 18.3 Å². The molecule has 0 spiro atoms. The number of aromatic nitrogens is 1. The van der Waals surface area contributed by atoms with E-state index < -0.39 is 11.4 Å². The van der Waals surface area contributed by atoms with Gasteiger partial charge in [-0.25, -0.2) is 4.98 Å². The van der Waals surface area contributed by atoms with E-state index in [1.54, 1.807) is 32.2 Å². The van der Waals surface area contributed by atoms with Gasteiger partial charge in [-0.3, -0.25) is 15.4 Å². The van der Waals surface area contributed by atoms with Crippen molar-refractivity contribution in [2.45, 2.75) is 20.8 Å². The number of nitrogens with one attached hydrogen (secondary N) is 1. The van der Waals surface area contributed by atoms with Gasteiger partial charge in [0.05, 0.1) is 5.41 Å². The largest absolute Gasteiger partial charge is 0.465 e. The number of carbonyl (C=O) groups excluding carboxylic acids is 1. The molecular weight excluding hydrogens is 361 g/mol. The molecule has 104 valence electrons. The lowest BCUT2D eigenvalue weighted by atomic mass is 9.93. The fourth-order valence-corrected chi connectivity index (χ4v) is 1.56. The average molecular weight is 377 g/mol. The molecule has 1 rings (SSSR count). The molecule has 2 N–H and O–H groups in total. The van der Waals surface area contributed by atoms with Crippen molar-refractivity contribution in [2.75, 3.05) is 11.7 Å². The lowest BCUT2D eigenvalue weighted by molar-refractivity contribution is -0.142. The van der Waals surface area contributed by atoms with Crippen LogP contribution in [0, 0.1) is 14.4 Å². The van der Waals surface area contributed by atoms with E-state index in [0.717, 1.165) is 3.57 Å². The van der Waals surface area contributed by atoms with E-state index in [1.165, 1.54) is 6.92 Å². The number of rotatable bonds is 4. The molecule has 0 fully saturated rings. The number of nitrogens with zero attached hydrogens (tertiary/aromatic N) is 2. The molecule has 1 aromatic heterocycles. The predicted octanol–water partition coefficient (Wildman–Crippen LogP) is 2.45. The van der Waals surface area contributed by atoms with Crippen molar-refractivity contribution < 1.29 is 14.7 Å². The number of ether oxygens (including phenoxy) is 1. The van der Waals surface area contributed by atoms with E-state index in [4.69, 9.17) is 10.1 Å². The molecule has 6 nitrogen and oxygen atoms in total. The molecule has 0 amide bonds. The summed E-state index contributed by atoms with van der Waals surface area (Å²) in [6.07, 6.45) is 1.59. The van der Waals surface area contributed by atoms with Crippen LogP contribution in [-0.2, 0) is 9.53 Å². The standard InChI is InChI=1S/C12H16IN3O3/c1-8(17)19-7-12(2,3)11(14)16(18)10-5-4-9(13)6-15-10/h4-6,14,18H,7H2,1-3H3. The quantitative estimate of drug-likeness (QED) is 0.277. The van der Waals surface area contributed by atoms with E-state index in [1.807, 2.05) is 0 Å². The van der Waals surface area contributed by atoms with Crippen LogP contribution in [-0.4, -0.2) is 28.6 Å². The SMILES string of the molecule is CC(=O)OCC(C)(C)C(=N)N(O)c1ccc(I)cn1. The number of hydrogen-bond donors (Lipinski definition) is 2. The summed E-state index contributed by atoms with van der Waals surface area (Å²) in [7, 11) is 0. The first-order valence-corrected chi connectivity index (χ1v) is 6.65. The number of hydroxylamine groups is 1. The lowest BCUT2D eigenvalue weighted by Crippen LogP contribution is -2.41. The summed E-state index contributed by atoms with van der Waals surface area (Å²) in [5.41, 5.74) is -0.814. The maximum Gasteiger partial charge on any atom is 0.302 e. The number of esters is 1. The van der Waals surface area contributed by atoms with Crippen molar-refractivity contribution in [3.05, 3.63) is 21.9 Å². The van der Waals surface area contributed by atoms with Gasteiger partial charge in [0.25, 0.3) is 0 Å². The molecule has 0 unspecified atom stereocenters. The fraction of sp³-hybridized carbons (Fsp3) is 0.417. The molecule has 19 heavy (non-hydrogen) atoms. The van der Waals surface area contributed by atoms with Crippen molar-refractivity contribution in [1.29, 1.82) is 5.41 Å². The molecule has 0 radical (unpaired) electrons. The van der Waals surface area contributed by atoms with Gasteiger partial charge in [0.1, 0.15) is 12.4 Å². The van der Waals surface area contributed by atoms with Crippen LogP contribution in [0.5, 0.6) is 0 Å². The van der Waals surface area contributed by atoms with Crippen molar-refractivity contribution >= 4 is 40.2 Å². The van der Waals surface area contributed by atoms with Gasteiger partial charge >= 0.3 is 5.97 Å². The molecule has 1 heterocycles. The first kappa shape index (κ1) is 15.8. The lowest BCUT2D eigenvalue weighted by Gasteiger charge is -2.29. The Morgan fingerprint density at radius 3 is 2.68 bits per heavy atom. The fourth-order valence-electron chi connectivity index (χ4n) is 1.24. The Morgan fingerprint density at radius 1 is 1.58 bits per heavy atom. The highest BCUT2D eigenvalue weighted by Gasteiger charge is 2.30. The van der Waals surface area contributed by atoms with Gasteiger partial charge in [-0.15, -0.1) is 0 Å². The summed E-state index contributed by atoms with van der Waals surface area (Å²) in [5, 5.41) is 18.7. The number of carbonyl (C=O) groups is 1. The molecule has 0 aliphatic carbocycles. The summed E-state index contributed by atoms with van der Waals surface area (Å²) in [6.45, 7) is 4.72. The Balaban J connectivity index is 2.80. The predicted molar refractivity (Wildman–Crippen MR) is 79.4 cm³/mol. The summed E-state index contributed by atoms with van der Waals surface area (Å²) in [6, 6.07) is 3.39. The molecule has 1 aromatic rings. The molecule has 7 heteroatoms. The first-order chi connectivity index (χ1) is 8.74. The van der Waals surface area contributed by atoms with Crippen LogP contribution in [0.2, 0.25) is 0 Å². The summed E-state index contributed by atoms with van der Waals surface area (Å²) >= 11 is 2.10. The van der Waals surface area contributed by atoms with Crippen LogP contribution >= 0.6 is 22.6 Å². The van der Waals surface area contributed by atoms with E-state index in [2.05, 4.69) is 27.6 Å². The minimum Gasteiger partial charge on any atom is -0.465 e. The Kier molecular flexibility index (Phi) is 5.24. The Morgan fingerprint density at radius 2 is 2.21 bits per heavy atom. The molecule has 0 saturated carbocycles. The van der Waals surface area contributed by atoms with Gasteiger partial charge < -0.3 is 4.74 Å². The van der Waals surface area contributed by atoms with Crippen molar-refractivity contribution in [1.82, 2.24) is 4.98 Å². The van der Waals surface area contributed by atoms with Crippen molar-refractivity contribution in [2.24, 2.45) is 5.41 Å². The van der Waals surface area contributed by atoms with E-state index in [0.29, 0.717) is 5.06 Å². The maximum atomic E-state index is 10.8. The number of hydrogen-bond acceptors (Lipinski definition) is 5. The normalized spacial score (nSPS) is 11.0. The molecule has 0 atom stereocenters. The number of pyridine rings is 1. The van der Waals surface area contributed by atoms with Gasteiger partial charge in [0.15, 0.2) is 5.82 Å². The molecule has 0 saturated heterocycles. The van der Waals surface area contributed by atoms with Crippen LogP contribution in [0.1, 0.15) is 20.8 Å². The molecular formula is C12H16IN3O3. The molecule has 0 aliphatic heterocycles. The zero-order valence-corrected chi connectivity index (χ0v) is 13.1. The topological polar surface area (TPSA) is 86.5 Å². The van der Waals surface area contributed by atoms with Crippen LogP contribution < -0.4 is 5.06 Å². The Labute approximate surface area is 125 Å². The summed E-state index contributed by atoms with van der Waals surface area (Å²) < 4.78 is 5.82. The van der Waals surface area contributed by atoms with Gasteiger partial charge in [-0.2, -0.15) is 5.06 Å².